The maximum atomic E-state index is 6.04. The van der Waals surface area contributed by atoms with Gasteiger partial charge >= 0.3 is 0 Å². The SMILES string of the molecule is COc1cc(Nc2nccn2C2CCCC2)ccc1Cl. The molecule has 5 heteroatoms. The minimum atomic E-state index is 0.564. The smallest absolute Gasteiger partial charge is 0.207 e. The highest BCUT2D eigenvalue weighted by Crippen LogP contribution is 2.33. The van der Waals surface area contributed by atoms with Crippen LogP contribution >= 0.6 is 11.6 Å². The van der Waals surface area contributed by atoms with E-state index in [1.165, 1.54) is 25.7 Å². The number of hydrogen-bond donors (Lipinski definition) is 1. The highest BCUT2D eigenvalue weighted by molar-refractivity contribution is 6.32. The van der Waals surface area contributed by atoms with Crippen LogP contribution in [-0.2, 0) is 0 Å². The molecule has 1 fully saturated rings. The number of rotatable bonds is 4. The molecule has 0 spiro atoms. The molecule has 3 rings (SSSR count). The van der Waals surface area contributed by atoms with Crippen LogP contribution in [0.25, 0.3) is 0 Å². The van der Waals surface area contributed by atoms with E-state index in [0.29, 0.717) is 16.8 Å². The molecule has 106 valence electrons. The van der Waals surface area contributed by atoms with E-state index < -0.39 is 0 Å². The molecule has 0 amide bonds. The Morgan fingerprint density at radius 2 is 2.15 bits per heavy atom. The van der Waals surface area contributed by atoms with Crippen LogP contribution in [0.1, 0.15) is 31.7 Å². The quantitative estimate of drug-likeness (QED) is 0.907. The molecule has 0 saturated heterocycles. The maximum absolute atomic E-state index is 6.04. The summed E-state index contributed by atoms with van der Waals surface area (Å²) in [6.07, 6.45) is 8.96. The summed E-state index contributed by atoms with van der Waals surface area (Å²) in [6, 6.07) is 6.20. The average Bonchev–Trinajstić information content (AvgIpc) is 3.11. The van der Waals surface area contributed by atoms with Crippen molar-refractivity contribution in [3.63, 3.8) is 0 Å². The van der Waals surface area contributed by atoms with Crippen LogP contribution in [0, 0.1) is 0 Å². The predicted octanol–water partition coefficient (Wildman–Crippen LogP) is 4.40. The van der Waals surface area contributed by atoms with Gasteiger partial charge < -0.3 is 14.6 Å². The Morgan fingerprint density at radius 1 is 1.35 bits per heavy atom. The number of halogens is 1. The van der Waals surface area contributed by atoms with Crippen LogP contribution in [0.5, 0.6) is 5.75 Å². The summed E-state index contributed by atoms with van der Waals surface area (Å²) in [5, 5.41) is 3.95. The average molecular weight is 292 g/mol. The van der Waals surface area contributed by atoms with Crippen molar-refractivity contribution >= 4 is 23.2 Å². The molecule has 4 nitrogen and oxygen atoms in total. The number of benzene rings is 1. The molecule has 0 radical (unpaired) electrons. The Balaban J connectivity index is 1.82. The maximum Gasteiger partial charge on any atom is 0.207 e. The van der Waals surface area contributed by atoms with Crippen LogP contribution in [0.4, 0.5) is 11.6 Å². The zero-order chi connectivity index (χ0) is 13.9. The Labute approximate surface area is 123 Å². The van der Waals surface area contributed by atoms with Gasteiger partial charge in [0.25, 0.3) is 0 Å². The van der Waals surface area contributed by atoms with Gasteiger partial charge in [0.2, 0.25) is 5.95 Å². The standard InChI is InChI=1S/C15H18ClN3O/c1-20-14-10-11(6-7-13(14)16)18-15-17-8-9-19(15)12-4-2-3-5-12/h6-10,12H,2-5H2,1H3,(H,17,18). The number of imidazole rings is 1. The molecule has 1 heterocycles. The molecule has 0 aliphatic heterocycles. The van der Waals surface area contributed by atoms with E-state index in [2.05, 4.69) is 14.9 Å². The number of anilines is 2. The molecule has 1 aromatic carbocycles. The van der Waals surface area contributed by atoms with Gasteiger partial charge in [0.1, 0.15) is 5.75 Å². The lowest BCUT2D eigenvalue weighted by Crippen LogP contribution is -2.07. The lowest BCUT2D eigenvalue weighted by molar-refractivity contribution is 0.415. The second-order valence-corrected chi connectivity index (χ2v) is 5.48. The van der Waals surface area contributed by atoms with Crippen molar-refractivity contribution in [2.45, 2.75) is 31.7 Å². The first kappa shape index (κ1) is 13.3. The van der Waals surface area contributed by atoms with Gasteiger partial charge in [0.05, 0.1) is 12.1 Å². The monoisotopic (exact) mass is 291 g/mol. The summed E-state index contributed by atoms with van der Waals surface area (Å²) in [5.74, 6) is 1.54. The van der Waals surface area contributed by atoms with Crippen molar-refractivity contribution in [2.24, 2.45) is 0 Å². The molecule has 1 N–H and O–H groups in total. The van der Waals surface area contributed by atoms with Crippen molar-refractivity contribution in [3.8, 4) is 5.75 Å². The Hall–Kier alpha value is -1.68. The fourth-order valence-corrected chi connectivity index (χ4v) is 2.95. The first-order valence-corrected chi connectivity index (χ1v) is 7.29. The molecule has 20 heavy (non-hydrogen) atoms. The highest BCUT2D eigenvalue weighted by atomic mass is 35.5. The van der Waals surface area contributed by atoms with Gasteiger partial charge in [-0.3, -0.25) is 0 Å². The summed E-state index contributed by atoms with van der Waals surface area (Å²) < 4.78 is 7.47. The van der Waals surface area contributed by atoms with Crippen molar-refractivity contribution in [1.82, 2.24) is 9.55 Å². The van der Waals surface area contributed by atoms with Gasteiger partial charge in [-0.25, -0.2) is 4.98 Å². The van der Waals surface area contributed by atoms with Gasteiger partial charge in [-0.15, -0.1) is 0 Å². The van der Waals surface area contributed by atoms with Crippen LogP contribution in [0.3, 0.4) is 0 Å². The van der Waals surface area contributed by atoms with Crippen molar-refractivity contribution in [1.29, 1.82) is 0 Å². The second-order valence-electron chi connectivity index (χ2n) is 5.07. The van der Waals surface area contributed by atoms with Crippen LogP contribution < -0.4 is 10.1 Å². The van der Waals surface area contributed by atoms with Crippen molar-refractivity contribution in [2.75, 3.05) is 12.4 Å². The first-order chi connectivity index (χ1) is 9.78. The van der Waals surface area contributed by atoms with E-state index in [4.69, 9.17) is 16.3 Å². The third-order valence-electron chi connectivity index (χ3n) is 3.79. The number of aromatic nitrogens is 2. The molecule has 2 aromatic rings. The lowest BCUT2D eigenvalue weighted by Gasteiger charge is -2.16. The van der Waals surface area contributed by atoms with Crippen molar-refractivity contribution in [3.05, 3.63) is 35.6 Å². The third kappa shape index (κ3) is 2.61. The van der Waals surface area contributed by atoms with Crippen LogP contribution in [0.2, 0.25) is 5.02 Å². The molecular formula is C15H18ClN3O. The molecule has 0 atom stereocenters. The van der Waals surface area contributed by atoms with Gasteiger partial charge in [0, 0.05) is 30.2 Å². The minimum absolute atomic E-state index is 0.564. The molecular weight excluding hydrogens is 274 g/mol. The molecule has 1 aliphatic carbocycles. The largest absolute Gasteiger partial charge is 0.495 e. The Kier molecular flexibility index (Phi) is 3.83. The molecule has 0 unspecified atom stereocenters. The zero-order valence-electron chi connectivity index (χ0n) is 11.5. The zero-order valence-corrected chi connectivity index (χ0v) is 12.2. The van der Waals surface area contributed by atoms with Gasteiger partial charge in [-0.2, -0.15) is 0 Å². The minimum Gasteiger partial charge on any atom is -0.495 e. The third-order valence-corrected chi connectivity index (χ3v) is 4.11. The van der Waals surface area contributed by atoms with Gasteiger partial charge in [0.15, 0.2) is 0 Å². The van der Waals surface area contributed by atoms with E-state index >= 15 is 0 Å². The Bertz CT molecular complexity index is 591. The van der Waals surface area contributed by atoms with E-state index in [0.717, 1.165) is 11.6 Å². The van der Waals surface area contributed by atoms with E-state index in [9.17, 15) is 0 Å². The van der Waals surface area contributed by atoms with E-state index in [1.807, 2.05) is 30.6 Å². The normalized spacial score (nSPS) is 15.5. The summed E-state index contributed by atoms with van der Waals surface area (Å²) in [7, 11) is 1.62. The van der Waals surface area contributed by atoms with Gasteiger partial charge in [-0.05, 0) is 25.0 Å². The Morgan fingerprint density at radius 3 is 2.90 bits per heavy atom. The summed E-state index contributed by atoms with van der Waals surface area (Å²) in [4.78, 5) is 4.41. The molecule has 1 aromatic heterocycles. The molecule has 0 bridgehead atoms. The second kappa shape index (κ2) is 5.75. The van der Waals surface area contributed by atoms with E-state index in [-0.39, 0.29) is 0 Å². The van der Waals surface area contributed by atoms with E-state index in [1.54, 1.807) is 7.11 Å². The van der Waals surface area contributed by atoms with Gasteiger partial charge in [-0.1, -0.05) is 24.4 Å². The summed E-state index contributed by atoms with van der Waals surface area (Å²) in [5.41, 5.74) is 0.927. The highest BCUT2D eigenvalue weighted by Gasteiger charge is 2.19. The summed E-state index contributed by atoms with van der Waals surface area (Å²) >= 11 is 6.04. The lowest BCUT2D eigenvalue weighted by atomic mass is 10.2. The number of ether oxygens (including phenoxy) is 1. The van der Waals surface area contributed by atoms with Crippen LogP contribution in [0.15, 0.2) is 30.6 Å². The predicted molar refractivity (Wildman–Crippen MR) is 81.0 cm³/mol. The summed E-state index contributed by atoms with van der Waals surface area (Å²) in [6.45, 7) is 0. The fraction of sp³-hybridized carbons (Fsp3) is 0.400. The number of hydrogen-bond acceptors (Lipinski definition) is 3. The van der Waals surface area contributed by atoms with Crippen LogP contribution in [-0.4, -0.2) is 16.7 Å². The number of nitrogens with one attached hydrogen (secondary N) is 1. The number of methoxy groups -OCH3 is 1. The number of nitrogens with zero attached hydrogens (tertiary/aromatic N) is 2. The van der Waals surface area contributed by atoms with Crippen molar-refractivity contribution < 1.29 is 4.74 Å². The topological polar surface area (TPSA) is 39.1 Å². The fourth-order valence-electron chi connectivity index (χ4n) is 2.75. The molecule has 1 saturated carbocycles. The molecule has 1 aliphatic rings. The first-order valence-electron chi connectivity index (χ1n) is 6.91.